The summed E-state index contributed by atoms with van der Waals surface area (Å²) in [7, 11) is 0. The first-order chi connectivity index (χ1) is 11.6. The molecule has 0 saturated heterocycles. The summed E-state index contributed by atoms with van der Waals surface area (Å²) in [5.41, 5.74) is 0.730. The summed E-state index contributed by atoms with van der Waals surface area (Å²) in [6.07, 6.45) is 8.50. The van der Waals surface area contributed by atoms with Gasteiger partial charge in [0.2, 0.25) is 5.91 Å². The minimum atomic E-state index is -1.01. The molecule has 2 saturated carbocycles. The second kappa shape index (κ2) is 7.69. The van der Waals surface area contributed by atoms with Gasteiger partial charge in [-0.1, -0.05) is 25.7 Å². The molecular weight excluding hydrogens is 306 g/mol. The molecule has 2 fully saturated rings. The Balaban J connectivity index is 1.52. The summed E-state index contributed by atoms with van der Waals surface area (Å²) in [4.78, 5) is 23.0. The van der Waals surface area contributed by atoms with Crippen molar-refractivity contribution >= 4 is 17.6 Å². The van der Waals surface area contributed by atoms with Gasteiger partial charge in [-0.15, -0.1) is 0 Å². The number of fused-ring (bicyclic) bond motifs is 1. The number of anilines is 1. The van der Waals surface area contributed by atoms with Crippen molar-refractivity contribution in [2.75, 3.05) is 11.9 Å². The second-order valence-corrected chi connectivity index (χ2v) is 7.01. The maximum atomic E-state index is 12.5. The van der Waals surface area contributed by atoms with Crippen LogP contribution in [-0.4, -0.2) is 23.6 Å². The SMILES string of the molecule is O=C(O)COc1ccc(NC(=O)C2CCC3CCCCC3C2)cc1. The average Bonchev–Trinajstić information content (AvgIpc) is 2.60. The number of carbonyl (C=O) groups excluding carboxylic acids is 1. The Morgan fingerprint density at radius 3 is 2.46 bits per heavy atom. The number of aliphatic carboxylic acids is 1. The number of nitrogens with one attached hydrogen (secondary N) is 1. The van der Waals surface area contributed by atoms with Crippen LogP contribution in [0.25, 0.3) is 0 Å². The normalized spacial score (nSPS) is 26.2. The van der Waals surface area contributed by atoms with E-state index >= 15 is 0 Å². The Morgan fingerprint density at radius 1 is 1.04 bits per heavy atom. The molecule has 24 heavy (non-hydrogen) atoms. The molecule has 0 heterocycles. The van der Waals surface area contributed by atoms with Gasteiger partial charge in [0.15, 0.2) is 6.61 Å². The third-order valence-electron chi connectivity index (χ3n) is 5.39. The molecule has 0 aliphatic heterocycles. The largest absolute Gasteiger partial charge is 0.482 e. The maximum absolute atomic E-state index is 12.5. The fourth-order valence-electron chi connectivity index (χ4n) is 4.14. The third-order valence-corrected chi connectivity index (χ3v) is 5.39. The minimum Gasteiger partial charge on any atom is -0.482 e. The van der Waals surface area contributed by atoms with Crippen LogP contribution in [0.5, 0.6) is 5.75 Å². The Kier molecular flexibility index (Phi) is 5.38. The first kappa shape index (κ1) is 16.8. The van der Waals surface area contributed by atoms with Crippen molar-refractivity contribution < 1.29 is 19.4 Å². The number of ether oxygens (including phenoxy) is 1. The van der Waals surface area contributed by atoms with E-state index in [1.807, 2.05) is 0 Å². The second-order valence-electron chi connectivity index (χ2n) is 7.01. The molecule has 0 aromatic heterocycles. The van der Waals surface area contributed by atoms with Gasteiger partial charge in [0.25, 0.3) is 0 Å². The summed E-state index contributed by atoms with van der Waals surface area (Å²) in [6.45, 7) is -0.365. The number of carboxylic acid groups (broad SMARTS) is 1. The lowest BCUT2D eigenvalue weighted by molar-refractivity contribution is -0.139. The highest BCUT2D eigenvalue weighted by atomic mass is 16.5. The Hall–Kier alpha value is -2.04. The van der Waals surface area contributed by atoms with E-state index in [0.717, 1.165) is 30.4 Å². The quantitative estimate of drug-likeness (QED) is 0.863. The zero-order valence-corrected chi connectivity index (χ0v) is 13.9. The van der Waals surface area contributed by atoms with Crippen LogP contribution in [-0.2, 0) is 9.59 Å². The van der Waals surface area contributed by atoms with Crippen molar-refractivity contribution in [2.45, 2.75) is 44.9 Å². The van der Waals surface area contributed by atoms with Crippen molar-refractivity contribution in [3.05, 3.63) is 24.3 Å². The molecule has 2 aliphatic carbocycles. The number of rotatable bonds is 5. The molecule has 5 nitrogen and oxygen atoms in total. The molecular formula is C19H25NO4. The summed E-state index contributed by atoms with van der Waals surface area (Å²) < 4.78 is 5.09. The van der Waals surface area contributed by atoms with Gasteiger partial charge in [-0.3, -0.25) is 4.79 Å². The van der Waals surface area contributed by atoms with E-state index in [1.54, 1.807) is 24.3 Å². The topological polar surface area (TPSA) is 75.6 Å². The monoisotopic (exact) mass is 331 g/mol. The molecule has 5 heteroatoms. The van der Waals surface area contributed by atoms with Crippen LogP contribution in [0.2, 0.25) is 0 Å². The van der Waals surface area contributed by atoms with Crippen molar-refractivity contribution in [3.63, 3.8) is 0 Å². The minimum absolute atomic E-state index is 0.109. The van der Waals surface area contributed by atoms with Crippen LogP contribution in [0, 0.1) is 17.8 Å². The Bertz CT molecular complexity index is 584. The molecule has 3 atom stereocenters. The van der Waals surface area contributed by atoms with E-state index in [2.05, 4.69) is 5.32 Å². The predicted octanol–water partition coefficient (Wildman–Crippen LogP) is 3.70. The Labute approximate surface area is 142 Å². The van der Waals surface area contributed by atoms with Crippen LogP contribution in [0.4, 0.5) is 5.69 Å². The molecule has 3 rings (SSSR count). The molecule has 0 bridgehead atoms. The van der Waals surface area contributed by atoms with Crippen LogP contribution in [0.3, 0.4) is 0 Å². The number of amides is 1. The van der Waals surface area contributed by atoms with E-state index < -0.39 is 5.97 Å². The summed E-state index contributed by atoms with van der Waals surface area (Å²) in [5, 5.41) is 11.6. The van der Waals surface area contributed by atoms with Gasteiger partial charge in [0, 0.05) is 11.6 Å². The van der Waals surface area contributed by atoms with Gasteiger partial charge in [0.05, 0.1) is 0 Å². The third kappa shape index (κ3) is 4.28. The van der Waals surface area contributed by atoms with Gasteiger partial charge >= 0.3 is 5.97 Å². The van der Waals surface area contributed by atoms with Gasteiger partial charge in [-0.05, 0) is 55.4 Å². The van der Waals surface area contributed by atoms with Gasteiger partial charge in [-0.25, -0.2) is 4.79 Å². The zero-order chi connectivity index (χ0) is 16.9. The number of carboxylic acids is 1. The first-order valence-corrected chi connectivity index (χ1v) is 8.87. The van der Waals surface area contributed by atoms with Crippen LogP contribution in [0.1, 0.15) is 44.9 Å². The van der Waals surface area contributed by atoms with Gasteiger partial charge in [-0.2, -0.15) is 0 Å². The Morgan fingerprint density at radius 2 is 1.75 bits per heavy atom. The van der Waals surface area contributed by atoms with Crippen LogP contribution < -0.4 is 10.1 Å². The van der Waals surface area contributed by atoms with E-state index in [1.165, 1.54) is 32.1 Å². The molecule has 3 unspecified atom stereocenters. The highest BCUT2D eigenvalue weighted by Crippen LogP contribution is 2.42. The lowest BCUT2D eigenvalue weighted by Crippen LogP contribution is -2.33. The molecule has 1 amide bonds. The number of hydrogen-bond acceptors (Lipinski definition) is 3. The van der Waals surface area contributed by atoms with Crippen LogP contribution in [0.15, 0.2) is 24.3 Å². The lowest BCUT2D eigenvalue weighted by atomic mass is 9.67. The fourth-order valence-corrected chi connectivity index (χ4v) is 4.14. The molecule has 0 radical (unpaired) electrons. The highest BCUT2D eigenvalue weighted by molar-refractivity contribution is 5.92. The smallest absolute Gasteiger partial charge is 0.341 e. The summed E-state index contributed by atoms with van der Waals surface area (Å²) >= 11 is 0. The predicted molar refractivity (Wildman–Crippen MR) is 91.0 cm³/mol. The molecule has 1 aromatic carbocycles. The molecule has 2 N–H and O–H groups in total. The average molecular weight is 331 g/mol. The van der Waals surface area contributed by atoms with Crippen molar-refractivity contribution in [1.82, 2.24) is 0 Å². The lowest BCUT2D eigenvalue weighted by Gasteiger charge is -2.38. The van der Waals surface area contributed by atoms with E-state index in [4.69, 9.17) is 9.84 Å². The number of benzene rings is 1. The van der Waals surface area contributed by atoms with Gasteiger partial charge < -0.3 is 15.2 Å². The van der Waals surface area contributed by atoms with Crippen molar-refractivity contribution in [1.29, 1.82) is 0 Å². The van der Waals surface area contributed by atoms with Gasteiger partial charge in [0.1, 0.15) is 5.75 Å². The van der Waals surface area contributed by atoms with E-state index in [-0.39, 0.29) is 18.4 Å². The number of hydrogen-bond donors (Lipinski definition) is 2. The van der Waals surface area contributed by atoms with Crippen molar-refractivity contribution in [2.24, 2.45) is 17.8 Å². The standard InChI is InChI=1S/C19H25NO4/c21-18(22)12-24-17-9-7-16(8-10-17)20-19(23)15-6-5-13-3-1-2-4-14(13)11-15/h7-10,13-15H,1-6,11-12H2,(H,20,23)(H,21,22). The summed E-state index contributed by atoms with van der Waals surface area (Å²) in [5.74, 6) is 1.28. The van der Waals surface area contributed by atoms with Crippen molar-refractivity contribution in [3.8, 4) is 5.75 Å². The fraction of sp³-hybridized carbons (Fsp3) is 0.579. The van der Waals surface area contributed by atoms with E-state index in [0.29, 0.717) is 5.75 Å². The number of carbonyl (C=O) groups is 2. The highest BCUT2D eigenvalue weighted by Gasteiger charge is 2.34. The molecule has 1 aromatic rings. The molecule has 0 spiro atoms. The van der Waals surface area contributed by atoms with E-state index in [9.17, 15) is 9.59 Å². The summed E-state index contributed by atoms with van der Waals surface area (Å²) in [6, 6.07) is 6.86. The van der Waals surface area contributed by atoms with Crippen LogP contribution >= 0.6 is 0 Å². The maximum Gasteiger partial charge on any atom is 0.341 e. The molecule has 2 aliphatic rings. The zero-order valence-electron chi connectivity index (χ0n) is 13.9. The first-order valence-electron chi connectivity index (χ1n) is 8.87. The molecule has 130 valence electrons.